The van der Waals surface area contributed by atoms with E-state index < -0.39 is 0 Å². The second-order valence-electron chi connectivity index (χ2n) is 4.72. The lowest BCUT2D eigenvalue weighted by Crippen LogP contribution is -2.37. The largest absolute Gasteiger partial charge is 0.396 e. The molecule has 2 N–H and O–H groups in total. The van der Waals surface area contributed by atoms with Gasteiger partial charge in [0.25, 0.3) is 0 Å². The zero-order chi connectivity index (χ0) is 13.1. The molecule has 1 aliphatic rings. The maximum atomic E-state index is 8.99. The molecule has 0 atom stereocenters. The fourth-order valence-electron chi connectivity index (χ4n) is 2.19. The van der Waals surface area contributed by atoms with Crippen LogP contribution in [-0.4, -0.2) is 37.7 Å². The van der Waals surface area contributed by atoms with Crippen LogP contribution in [0.2, 0.25) is 0 Å². The van der Waals surface area contributed by atoms with Crippen LogP contribution in [0.4, 0.5) is 5.95 Å². The Balaban J connectivity index is 1.71. The first-order valence-electron chi connectivity index (χ1n) is 6.32. The maximum Gasteiger partial charge on any atom is 0.223 e. The lowest BCUT2D eigenvalue weighted by molar-refractivity contribution is 0.151. The van der Waals surface area contributed by atoms with Gasteiger partial charge in [0.2, 0.25) is 5.95 Å². The Bertz CT molecular complexity index is 542. The summed E-state index contributed by atoms with van der Waals surface area (Å²) in [5, 5.41) is 12.3. The van der Waals surface area contributed by atoms with Crippen LogP contribution in [0.5, 0.6) is 0 Å². The molecule has 0 saturated heterocycles. The molecule has 0 aliphatic heterocycles. The minimum Gasteiger partial charge on any atom is -0.396 e. The standard InChI is InChI=1S/C13H15N5O/c19-8-9-5-10(6-9)17-13-16-2-1-11(18-13)12-7-14-3-4-15-12/h1-4,7,9-10,19H,5-6,8H2,(H,16,17,18). The molecule has 0 aromatic carbocycles. The van der Waals surface area contributed by atoms with Gasteiger partial charge in [-0.3, -0.25) is 9.97 Å². The zero-order valence-corrected chi connectivity index (χ0v) is 10.4. The third-order valence-corrected chi connectivity index (χ3v) is 3.31. The Morgan fingerprint density at radius 1 is 1.16 bits per heavy atom. The van der Waals surface area contributed by atoms with Gasteiger partial charge in [-0.15, -0.1) is 0 Å². The van der Waals surface area contributed by atoms with Gasteiger partial charge in [-0.1, -0.05) is 0 Å². The summed E-state index contributed by atoms with van der Waals surface area (Å²) < 4.78 is 0. The molecule has 1 fully saturated rings. The molecule has 1 aliphatic carbocycles. The molecule has 98 valence electrons. The number of anilines is 1. The number of nitrogens with zero attached hydrogens (tertiary/aromatic N) is 4. The molecule has 3 rings (SSSR count). The van der Waals surface area contributed by atoms with Crippen LogP contribution in [0.3, 0.4) is 0 Å². The lowest BCUT2D eigenvalue weighted by Gasteiger charge is -2.34. The van der Waals surface area contributed by atoms with Crippen molar-refractivity contribution in [3.05, 3.63) is 30.9 Å². The normalized spacial score (nSPS) is 21.7. The second-order valence-corrected chi connectivity index (χ2v) is 4.72. The SMILES string of the molecule is OCC1CC(Nc2nccc(-c3cnccn3)n2)C1. The summed E-state index contributed by atoms with van der Waals surface area (Å²) in [6.45, 7) is 0.263. The van der Waals surface area contributed by atoms with Gasteiger partial charge in [0.1, 0.15) is 5.69 Å². The predicted octanol–water partition coefficient (Wildman–Crippen LogP) is 1.12. The summed E-state index contributed by atoms with van der Waals surface area (Å²) in [6.07, 6.45) is 8.60. The van der Waals surface area contributed by atoms with Crippen molar-refractivity contribution in [1.82, 2.24) is 19.9 Å². The summed E-state index contributed by atoms with van der Waals surface area (Å²) in [6, 6.07) is 2.17. The predicted molar refractivity (Wildman–Crippen MR) is 70.3 cm³/mol. The molecular formula is C13H15N5O. The topological polar surface area (TPSA) is 83.8 Å². The second kappa shape index (κ2) is 5.27. The van der Waals surface area contributed by atoms with Gasteiger partial charge in [-0.2, -0.15) is 0 Å². The lowest BCUT2D eigenvalue weighted by atomic mass is 9.81. The van der Waals surface area contributed by atoms with Crippen LogP contribution in [0.25, 0.3) is 11.4 Å². The number of hydrogen-bond donors (Lipinski definition) is 2. The molecular weight excluding hydrogens is 242 g/mol. The summed E-state index contributed by atoms with van der Waals surface area (Å²) in [5.74, 6) is 1.02. The van der Waals surface area contributed by atoms with Crippen molar-refractivity contribution in [1.29, 1.82) is 0 Å². The minimum atomic E-state index is 0.263. The number of hydrogen-bond acceptors (Lipinski definition) is 6. The van der Waals surface area contributed by atoms with E-state index >= 15 is 0 Å². The average Bonchev–Trinajstić information content (AvgIpc) is 2.44. The highest BCUT2D eigenvalue weighted by atomic mass is 16.3. The van der Waals surface area contributed by atoms with Gasteiger partial charge in [-0.25, -0.2) is 9.97 Å². The van der Waals surface area contributed by atoms with Crippen LogP contribution in [0.1, 0.15) is 12.8 Å². The minimum absolute atomic E-state index is 0.263. The van der Waals surface area contributed by atoms with Gasteiger partial charge in [-0.05, 0) is 24.8 Å². The van der Waals surface area contributed by atoms with E-state index in [4.69, 9.17) is 5.11 Å². The zero-order valence-electron chi connectivity index (χ0n) is 10.4. The van der Waals surface area contributed by atoms with Crippen molar-refractivity contribution >= 4 is 5.95 Å². The fourth-order valence-corrected chi connectivity index (χ4v) is 2.19. The van der Waals surface area contributed by atoms with Crippen molar-refractivity contribution in [2.75, 3.05) is 11.9 Å². The third kappa shape index (κ3) is 2.68. The molecule has 0 spiro atoms. The van der Waals surface area contributed by atoms with Gasteiger partial charge in [0.15, 0.2) is 0 Å². The Hall–Kier alpha value is -2.08. The number of aromatic nitrogens is 4. The Labute approximate surface area is 111 Å². The maximum absolute atomic E-state index is 8.99. The summed E-state index contributed by atoms with van der Waals surface area (Å²) in [7, 11) is 0. The van der Waals surface area contributed by atoms with E-state index in [-0.39, 0.29) is 6.61 Å². The fraction of sp³-hybridized carbons (Fsp3) is 0.385. The van der Waals surface area contributed by atoms with Crippen LogP contribution < -0.4 is 5.32 Å². The van der Waals surface area contributed by atoms with Crippen molar-refractivity contribution in [2.45, 2.75) is 18.9 Å². The first kappa shape index (κ1) is 12.0. The molecule has 2 aromatic rings. The third-order valence-electron chi connectivity index (χ3n) is 3.31. The molecule has 2 heterocycles. The molecule has 2 aromatic heterocycles. The van der Waals surface area contributed by atoms with Crippen LogP contribution in [0, 0.1) is 5.92 Å². The molecule has 0 unspecified atom stereocenters. The summed E-state index contributed by atoms with van der Waals surface area (Å²) in [4.78, 5) is 16.9. The molecule has 0 radical (unpaired) electrons. The van der Waals surface area contributed by atoms with Crippen LogP contribution in [-0.2, 0) is 0 Å². The van der Waals surface area contributed by atoms with E-state index in [0.29, 0.717) is 17.9 Å². The number of rotatable bonds is 4. The molecule has 0 amide bonds. The average molecular weight is 257 g/mol. The first-order chi connectivity index (χ1) is 9.35. The van der Waals surface area contributed by atoms with Gasteiger partial charge >= 0.3 is 0 Å². The molecule has 6 heteroatoms. The Kier molecular flexibility index (Phi) is 3.33. The Morgan fingerprint density at radius 2 is 2.05 bits per heavy atom. The van der Waals surface area contributed by atoms with Gasteiger partial charge in [0, 0.05) is 31.2 Å². The van der Waals surface area contributed by atoms with Crippen LogP contribution >= 0.6 is 0 Å². The van der Waals surface area contributed by atoms with E-state index in [1.807, 2.05) is 6.07 Å². The number of aliphatic hydroxyl groups excluding tert-OH is 1. The highest BCUT2D eigenvalue weighted by Crippen LogP contribution is 2.28. The first-order valence-corrected chi connectivity index (χ1v) is 6.32. The highest BCUT2D eigenvalue weighted by Gasteiger charge is 2.28. The monoisotopic (exact) mass is 257 g/mol. The van der Waals surface area contributed by atoms with E-state index in [2.05, 4.69) is 25.3 Å². The van der Waals surface area contributed by atoms with Crippen molar-refractivity contribution in [3.8, 4) is 11.4 Å². The Morgan fingerprint density at radius 3 is 2.79 bits per heavy atom. The molecule has 0 bridgehead atoms. The number of aliphatic hydroxyl groups is 1. The molecule has 19 heavy (non-hydrogen) atoms. The van der Waals surface area contributed by atoms with E-state index in [9.17, 15) is 0 Å². The smallest absolute Gasteiger partial charge is 0.223 e. The van der Waals surface area contributed by atoms with Crippen molar-refractivity contribution < 1.29 is 5.11 Å². The van der Waals surface area contributed by atoms with E-state index in [1.54, 1.807) is 24.8 Å². The van der Waals surface area contributed by atoms with Gasteiger partial charge < -0.3 is 10.4 Å². The number of nitrogens with one attached hydrogen (secondary N) is 1. The van der Waals surface area contributed by atoms with Gasteiger partial charge in [0.05, 0.1) is 11.9 Å². The molecule has 6 nitrogen and oxygen atoms in total. The van der Waals surface area contributed by atoms with Crippen LogP contribution in [0.15, 0.2) is 30.9 Å². The molecule has 1 saturated carbocycles. The highest BCUT2D eigenvalue weighted by molar-refractivity contribution is 5.53. The summed E-state index contributed by atoms with van der Waals surface area (Å²) in [5.41, 5.74) is 1.48. The van der Waals surface area contributed by atoms with Crippen molar-refractivity contribution in [2.24, 2.45) is 5.92 Å². The van der Waals surface area contributed by atoms with E-state index in [0.717, 1.165) is 24.2 Å². The van der Waals surface area contributed by atoms with Crippen molar-refractivity contribution in [3.63, 3.8) is 0 Å². The quantitative estimate of drug-likeness (QED) is 0.853. The summed E-state index contributed by atoms with van der Waals surface area (Å²) >= 11 is 0. The van der Waals surface area contributed by atoms with E-state index in [1.165, 1.54) is 0 Å².